The minimum atomic E-state index is -1.28. The molecule has 0 heterocycles. The van der Waals surface area contributed by atoms with E-state index in [0.717, 1.165) is 6.07 Å². The third kappa shape index (κ3) is 4.22. The SMILES string of the molecule is CC(=NCC(=O)[O-])c1ccc(O)cc1O.[Na+]. The molecule has 0 atom stereocenters. The van der Waals surface area contributed by atoms with Crippen molar-refractivity contribution in [2.45, 2.75) is 6.92 Å². The van der Waals surface area contributed by atoms with Gasteiger partial charge in [0.15, 0.2) is 0 Å². The first-order valence-electron chi connectivity index (χ1n) is 4.24. The van der Waals surface area contributed by atoms with Gasteiger partial charge in [-0.2, -0.15) is 0 Å². The molecule has 0 fully saturated rings. The number of benzene rings is 1. The number of rotatable bonds is 3. The van der Waals surface area contributed by atoms with E-state index in [1.807, 2.05) is 0 Å². The molecule has 80 valence electrons. The number of hydrogen-bond donors (Lipinski definition) is 2. The summed E-state index contributed by atoms with van der Waals surface area (Å²) in [7, 11) is 0. The fourth-order valence-corrected chi connectivity index (χ4v) is 1.09. The predicted molar refractivity (Wildman–Crippen MR) is 51.9 cm³/mol. The van der Waals surface area contributed by atoms with E-state index >= 15 is 0 Å². The smallest absolute Gasteiger partial charge is 0.548 e. The Hall–Kier alpha value is -1.04. The van der Waals surface area contributed by atoms with Crippen molar-refractivity contribution in [2.75, 3.05) is 6.54 Å². The van der Waals surface area contributed by atoms with Crippen molar-refractivity contribution in [3.8, 4) is 11.5 Å². The van der Waals surface area contributed by atoms with Crippen LogP contribution >= 0.6 is 0 Å². The van der Waals surface area contributed by atoms with Gasteiger partial charge in [-0.25, -0.2) is 0 Å². The van der Waals surface area contributed by atoms with Gasteiger partial charge in [-0.05, 0) is 19.1 Å². The van der Waals surface area contributed by atoms with Crippen LogP contribution in [0.1, 0.15) is 12.5 Å². The summed E-state index contributed by atoms with van der Waals surface area (Å²) in [4.78, 5) is 13.9. The minimum Gasteiger partial charge on any atom is -0.548 e. The van der Waals surface area contributed by atoms with E-state index in [-0.39, 0.29) is 41.1 Å². The zero-order chi connectivity index (χ0) is 11.4. The molecule has 2 N–H and O–H groups in total. The number of carboxylic acid groups (broad SMARTS) is 1. The molecule has 0 aliphatic rings. The van der Waals surface area contributed by atoms with Crippen molar-refractivity contribution < 1.29 is 49.7 Å². The molecule has 1 aromatic rings. The second kappa shape index (κ2) is 6.52. The molecule has 0 radical (unpaired) electrons. The van der Waals surface area contributed by atoms with Crippen molar-refractivity contribution in [3.05, 3.63) is 23.8 Å². The molecule has 0 aliphatic carbocycles. The standard InChI is InChI=1S/C10H11NO4.Na/c1-6(11-5-10(14)15)8-3-2-7(12)4-9(8)13;/h2-4,12-13H,5H2,1H3,(H,14,15);/q;+1/p-1. The zero-order valence-corrected chi connectivity index (χ0v) is 11.1. The third-order valence-corrected chi connectivity index (χ3v) is 1.82. The van der Waals surface area contributed by atoms with E-state index in [1.165, 1.54) is 12.1 Å². The second-order valence-electron chi connectivity index (χ2n) is 2.98. The summed E-state index contributed by atoms with van der Waals surface area (Å²) in [5.74, 6) is -1.49. The minimum absolute atomic E-state index is 0. The Bertz CT molecular complexity index is 417. The van der Waals surface area contributed by atoms with Gasteiger partial charge in [0.2, 0.25) is 0 Å². The van der Waals surface area contributed by atoms with Crippen LogP contribution in [0.5, 0.6) is 11.5 Å². The Labute approximate surface area is 115 Å². The third-order valence-electron chi connectivity index (χ3n) is 1.82. The van der Waals surface area contributed by atoms with Crippen molar-refractivity contribution in [1.29, 1.82) is 0 Å². The van der Waals surface area contributed by atoms with E-state index in [1.54, 1.807) is 6.92 Å². The molecular weight excluding hydrogens is 221 g/mol. The van der Waals surface area contributed by atoms with E-state index in [9.17, 15) is 15.0 Å². The Morgan fingerprint density at radius 3 is 2.56 bits per heavy atom. The molecule has 0 spiro atoms. The number of hydrogen-bond acceptors (Lipinski definition) is 5. The molecule has 1 aromatic carbocycles. The van der Waals surface area contributed by atoms with Crippen LogP contribution in [0.2, 0.25) is 0 Å². The summed E-state index contributed by atoms with van der Waals surface area (Å²) in [6, 6.07) is 4.00. The van der Waals surface area contributed by atoms with Crippen LogP contribution < -0.4 is 34.7 Å². The molecule has 0 amide bonds. The van der Waals surface area contributed by atoms with Crippen molar-refractivity contribution >= 4 is 11.7 Å². The number of carboxylic acids is 1. The monoisotopic (exact) mass is 231 g/mol. The van der Waals surface area contributed by atoms with Gasteiger partial charge in [-0.3, -0.25) is 4.99 Å². The van der Waals surface area contributed by atoms with E-state index in [0.29, 0.717) is 11.3 Å². The Morgan fingerprint density at radius 2 is 2.06 bits per heavy atom. The van der Waals surface area contributed by atoms with Crippen LogP contribution in [0.3, 0.4) is 0 Å². The van der Waals surface area contributed by atoms with Gasteiger partial charge in [-0.1, -0.05) is 0 Å². The van der Waals surface area contributed by atoms with Gasteiger partial charge in [0.1, 0.15) is 11.5 Å². The molecule has 0 bridgehead atoms. The number of phenolic OH excluding ortho intramolecular Hbond substituents is 2. The van der Waals surface area contributed by atoms with Crippen LogP contribution in [-0.4, -0.2) is 28.4 Å². The summed E-state index contributed by atoms with van der Waals surface area (Å²) in [5.41, 5.74) is 0.755. The van der Waals surface area contributed by atoms with Crippen LogP contribution in [0, 0.1) is 0 Å². The first-order chi connectivity index (χ1) is 7.00. The normalized spacial score (nSPS) is 10.7. The van der Waals surface area contributed by atoms with Crippen LogP contribution in [0.15, 0.2) is 23.2 Å². The molecule has 0 saturated carbocycles. The predicted octanol–water partition coefficient (Wildman–Crippen LogP) is -3.34. The number of aromatic hydroxyl groups is 2. The van der Waals surface area contributed by atoms with Crippen LogP contribution in [0.4, 0.5) is 0 Å². The van der Waals surface area contributed by atoms with E-state index in [4.69, 9.17) is 5.11 Å². The number of phenols is 2. The van der Waals surface area contributed by atoms with Crippen LogP contribution in [0.25, 0.3) is 0 Å². The number of carbonyl (C=O) groups excluding carboxylic acids is 1. The Balaban J connectivity index is 0.00000225. The summed E-state index contributed by atoms with van der Waals surface area (Å²) < 4.78 is 0. The molecular formula is C10H10NNaO4. The summed E-state index contributed by atoms with van der Waals surface area (Å²) >= 11 is 0. The zero-order valence-electron chi connectivity index (χ0n) is 9.10. The van der Waals surface area contributed by atoms with Gasteiger partial charge < -0.3 is 20.1 Å². The molecule has 0 aromatic heterocycles. The van der Waals surface area contributed by atoms with Gasteiger partial charge in [0, 0.05) is 17.3 Å². The first kappa shape index (κ1) is 15.0. The molecule has 16 heavy (non-hydrogen) atoms. The molecule has 0 saturated heterocycles. The largest absolute Gasteiger partial charge is 1.00 e. The van der Waals surface area contributed by atoms with Crippen molar-refractivity contribution in [1.82, 2.24) is 0 Å². The molecule has 0 unspecified atom stereocenters. The number of aliphatic carboxylic acids is 1. The first-order valence-corrected chi connectivity index (χ1v) is 4.24. The Kier molecular flexibility index (Phi) is 6.10. The molecule has 0 aliphatic heterocycles. The van der Waals surface area contributed by atoms with E-state index in [2.05, 4.69) is 4.99 Å². The molecule has 6 heteroatoms. The maximum atomic E-state index is 10.2. The average Bonchev–Trinajstić information content (AvgIpc) is 2.14. The molecule has 5 nitrogen and oxygen atoms in total. The van der Waals surface area contributed by atoms with Crippen LogP contribution in [-0.2, 0) is 4.79 Å². The van der Waals surface area contributed by atoms with Gasteiger partial charge in [-0.15, -0.1) is 0 Å². The quantitative estimate of drug-likeness (QED) is 0.420. The second-order valence-corrected chi connectivity index (χ2v) is 2.98. The van der Waals surface area contributed by atoms with Crippen molar-refractivity contribution in [2.24, 2.45) is 4.99 Å². The van der Waals surface area contributed by atoms with Gasteiger partial charge >= 0.3 is 29.6 Å². The van der Waals surface area contributed by atoms with Gasteiger partial charge in [0.25, 0.3) is 0 Å². The van der Waals surface area contributed by atoms with Crippen molar-refractivity contribution in [3.63, 3.8) is 0 Å². The number of aliphatic imine (C=N–C) groups is 1. The Morgan fingerprint density at radius 1 is 1.44 bits per heavy atom. The topological polar surface area (TPSA) is 93.0 Å². The fourth-order valence-electron chi connectivity index (χ4n) is 1.09. The number of nitrogens with zero attached hydrogens (tertiary/aromatic N) is 1. The maximum absolute atomic E-state index is 10.2. The maximum Gasteiger partial charge on any atom is 1.00 e. The fraction of sp³-hybridized carbons (Fsp3) is 0.200. The summed E-state index contributed by atoms with van der Waals surface area (Å²) in [6.45, 7) is 1.11. The number of carbonyl (C=O) groups is 1. The summed E-state index contributed by atoms with van der Waals surface area (Å²) in [5, 5.41) is 28.6. The van der Waals surface area contributed by atoms with Gasteiger partial charge in [0.05, 0.1) is 12.5 Å². The average molecular weight is 231 g/mol. The van der Waals surface area contributed by atoms with E-state index < -0.39 is 12.5 Å². The summed E-state index contributed by atoms with van der Waals surface area (Å²) in [6.07, 6.45) is 0. The molecule has 1 rings (SSSR count).